The second-order valence-electron chi connectivity index (χ2n) is 13.2. The molecule has 0 fully saturated rings. The molecule has 4 aliphatic heterocycles. The molecule has 0 saturated carbocycles. The van der Waals surface area contributed by atoms with Crippen LogP contribution in [0.15, 0.2) is 60.7 Å². The number of carbonyl (C=O) groups excluding carboxylic acids is 1. The Labute approximate surface area is 288 Å². The molecule has 0 spiro atoms. The van der Waals surface area contributed by atoms with Gasteiger partial charge >= 0.3 is 0 Å². The fourth-order valence-electron chi connectivity index (χ4n) is 7.57. The van der Waals surface area contributed by atoms with E-state index >= 15 is 0 Å². The van der Waals surface area contributed by atoms with Gasteiger partial charge in [0.1, 0.15) is 11.5 Å². The number of hydrogen-bond acceptors (Lipinski definition) is 8. The predicted octanol–water partition coefficient (Wildman–Crippen LogP) is 6.90. The third-order valence-corrected chi connectivity index (χ3v) is 10.2. The SMILES string of the molecule is CCNC(=O)c1ccc2cc1Oc1ccc(cc1)C[C@H]1c3c(cc(OC)c(OC)c3Oc3cc4c(cc3OC)CCN(C)[C@@H]4C2)CCN1C. The van der Waals surface area contributed by atoms with Crippen molar-refractivity contribution in [1.82, 2.24) is 15.1 Å². The van der Waals surface area contributed by atoms with Gasteiger partial charge in [0.05, 0.1) is 26.9 Å². The van der Waals surface area contributed by atoms with E-state index < -0.39 is 0 Å². The quantitative estimate of drug-likeness (QED) is 0.247. The largest absolute Gasteiger partial charge is 0.493 e. The molecule has 8 rings (SSSR count). The number of ether oxygens (including phenoxy) is 5. The summed E-state index contributed by atoms with van der Waals surface area (Å²) in [6.07, 6.45) is 3.20. The fraction of sp³-hybridized carbons (Fsp3) is 0.375. The minimum atomic E-state index is -0.154. The number of amides is 1. The van der Waals surface area contributed by atoms with E-state index in [9.17, 15) is 4.79 Å². The van der Waals surface area contributed by atoms with Crippen LogP contribution in [0.4, 0.5) is 0 Å². The molecule has 0 unspecified atom stereocenters. The Morgan fingerprint density at radius 2 is 1.45 bits per heavy atom. The number of benzene rings is 4. The maximum atomic E-state index is 13.1. The first-order valence-electron chi connectivity index (χ1n) is 17.1. The minimum Gasteiger partial charge on any atom is -0.493 e. The van der Waals surface area contributed by atoms with E-state index in [1.807, 2.05) is 37.3 Å². The van der Waals surface area contributed by atoms with E-state index in [1.54, 1.807) is 21.3 Å². The van der Waals surface area contributed by atoms with Crippen LogP contribution in [-0.2, 0) is 25.7 Å². The Hall–Kier alpha value is -4.73. The molecule has 256 valence electrons. The number of nitrogens with one attached hydrogen (secondary N) is 1. The van der Waals surface area contributed by atoms with E-state index in [-0.39, 0.29) is 18.0 Å². The summed E-state index contributed by atoms with van der Waals surface area (Å²) in [6, 6.07) is 20.5. The van der Waals surface area contributed by atoms with E-state index in [4.69, 9.17) is 23.7 Å². The van der Waals surface area contributed by atoms with Crippen molar-refractivity contribution in [2.45, 2.75) is 44.7 Å². The Balaban J connectivity index is 1.44. The van der Waals surface area contributed by atoms with Crippen LogP contribution in [0.1, 0.15) is 62.7 Å². The number of fused-ring (bicyclic) bond motifs is 2. The van der Waals surface area contributed by atoms with Crippen molar-refractivity contribution in [2.75, 3.05) is 55.1 Å². The molecule has 4 aliphatic rings. The van der Waals surface area contributed by atoms with Gasteiger partial charge in [-0.15, -0.1) is 0 Å². The molecule has 9 nitrogen and oxygen atoms in total. The first-order chi connectivity index (χ1) is 23.8. The van der Waals surface area contributed by atoms with Gasteiger partial charge in [-0.1, -0.05) is 18.2 Å². The number of carbonyl (C=O) groups is 1. The van der Waals surface area contributed by atoms with Crippen LogP contribution in [0.2, 0.25) is 0 Å². The van der Waals surface area contributed by atoms with Crippen molar-refractivity contribution in [3.05, 3.63) is 99.6 Å². The highest BCUT2D eigenvalue weighted by Crippen LogP contribution is 2.51. The summed E-state index contributed by atoms with van der Waals surface area (Å²) in [5.74, 6) is 4.23. The monoisotopic (exact) mass is 663 g/mol. The third kappa shape index (κ3) is 6.17. The summed E-state index contributed by atoms with van der Waals surface area (Å²) in [6.45, 7) is 4.24. The standard InChI is InChI=1S/C40H45N3O6/c1-7-41-40(44)29-13-10-25-19-31-30-23-35(34(45-4)21-26(30)14-16-42(31)2)49-39-37-27(22-36(46-5)38(39)47-6)15-17-43(3)32(37)18-24-8-11-28(12-9-24)48-33(29)20-25/h8-13,20-23,31-32H,7,14-19H2,1-6H3,(H,41,44)/t31-,32+/m1/s1. The van der Waals surface area contributed by atoms with Crippen molar-refractivity contribution < 1.29 is 28.5 Å². The summed E-state index contributed by atoms with van der Waals surface area (Å²) in [4.78, 5) is 17.9. The molecule has 9 heteroatoms. The van der Waals surface area contributed by atoms with Crippen LogP contribution < -0.4 is 29.0 Å². The Morgan fingerprint density at radius 1 is 0.776 bits per heavy atom. The molecule has 0 radical (unpaired) electrons. The lowest BCUT2D eigenvalue weighted by Crippen LogP contribution is -2.34. The Bertz CT molecular complexity index is 1870. The second kappa shape index (κ2) is 13.6. The lowest BCUT2D eigenvalue weighted by atomic mass is 9.87. The third-order valence-electron chi connectivity index (χ3n) is 10.2. The summed E-state index contributed by atoms with van der Waals surface area (Å²) >= 11 is 0. The van der Waals surface area contributed by atoms with Gasteiger partial charge < -0.3 is 29.0 Å². The molecule has 0 aromatic heterocycles. The summed E-state index contributed by atoms with van der Waals surface area (Å²) < 4.78 is 31.4. The van der Waals surface area contributed by atoms with Gasteiger partial charge in [0, 0.05) is 37.3 Å². The number of nitrogens with zero attached hydrogens (tertiary/aromatic N) is 2. The molecule has 1 N–H and O–H groups in total. The highest BCUT2D eigenvalue weighted by molar-refractivity contribution is 5.97. The molecular weight excluding hydrogens is 618 g/mol. The van der Waals surface area contributed by atoms with Gasteiger partial charge in [-0.05, 0) is 117 Å². The molecule has 0 saturated heterocycles. The van der Waals surface area contributed by atoms with Crippen LogP contribution in [0.5, 0.6) is 40.2 Å². The Kier molecular flexibility index (Phi) is 9.13. The van der Waals surface area contributed by atoms with Crippen molar-refractivity contribution in [1.29, 1.82) is 0 Å². The molecule has 49 heavy (non-hydrogen) atoms. The summed E-state index contributed by atoms with van der Waals surface area (Å²) in [5, 5.41) is 2.94. The molecule has 4 aromatic carbocycles. The first kappa shape index (κ1) is 32.8. The van der Waals surface area contributed by atoms with Gasteiger partial charge in [-0.3, -0.25) is 14.6 Å². The number of hydrogen-bond donors (Lipinski definition) is 1. The summed E-state index contributed by atoms with van der Waals surface area (Å²) in [5.41, 5.74) is 7.40. The number of rotatable bonds is 5. The topological polar surface area (TPSA) is 81.7 Å². The van der Waals surface area contributed by atoms with Gasteiger partial charge in [0.25, 0.3) is 5.91 Å². The van der Waals surface area contributed by atoms with E-state index in [1.165, 1.54) is 16.7 Å². The van der Waals surface area contributed by atoms with Crippen LogP contribution >= 0.6 is 0 Å². The van der Waals surface area contributed by atoms with Gasteiger partial charge in [0.2, 0.25) is 5.75 Å². The molecule has 4 aromatic rings. The van der Waals surface area contributed by atoms with Crippen molar-refractivity contribution in [2.24, 2.45) is 0 Å². The average Bonchev–Trinajstić information content (AvgIpc) is 3.10. The molecule has 1 amide bonds. The zero-order valence-corrected chi connectivity index (χ0v) is 29.2. The maximum Gasteiger partial charge on any atom is 0.255 e. The summed E-state index contributed by atoms with van der Waals surface area (Å²) in [7, 11) is 9.34. The van der Waals surface area contributed by atoms with Gasteiger partial charge in [-0.2, -0.15) is 0 Å². The zero-order chi connectivity index (χ0) is 34.2. The van der Waals surface area contributed by atoms with Gasteiger partial charge in [-0.25, -0.2) is 0 Å². The highest BCUT2D eigenvalue weighted by Gasteiger charge is 2.34. The fourth-order valence-corrected chi connectivity index (χ4v) is 7.57. The highest BCUT2D eigenvalue weighted by atomic mass is 16.5. The van der Waals surface area contributed by atoms with Crippen molar-refractivity contribution in [3.63, 3.8) is 0 Å². The second-order valence-corrected chi connectivity index (χ2v) is 13.2. The lowest BCUT2D eigenvalue weighted by Gasteiger charge is -2.37. The van der Waals surface area contributed by atoms with Crippen LogP contribution in [0.3, 0.4) is 0 Å². The molecular formula is C40H45N3O6. The number of likely N-dealkylation sites (N-methyl/N-ethyl adjacent to an activating group) is 2. The van der Waals surface area contributed by atoms with Crippen LogP contribution in [-0.4, -0.2) is 70.8 Å². The predicted molar refractivity (Wildman–Crippen MR) is 189 cm³/mol. The lowest BCUT2D eigenvalue weighted by molar-refractivity contribution is 0.0953. The van der Waals surface area contributed by atoms with Crippen molar-refractivity contribution >= 4 is 5.91 Å². The minimum absolute atomic E-state index is 0.00716. The first-order valence-corrected chi connectivity index (χ1v) is 17.1. The van der Waals surface area contributed by atoms with E-state index in [0.29, 0.717) is 58.8 Å². The van der Waals surface area contributed by atoms with E-state index in [0.717, 1.165) is 49.0 Å². The normalized spacial score (nSPS) is 18.7. The van der Waals surface area contributed by atoms with Crippen molar-refractivity contribution in [3.8, 4) is 40.2 Å². The number of methoxy groups -OCH3 is 3. The van der Waals surface area contributed by atoms with Crippen LogP contribution in [0, 0.1) is 0 Å². The van der Waals surface area contributed by atoms with E-state index in [2.05, 4.69) is 59.5 Å². The van der Waals surface area contributed by atoms with Crippen LogP contribution in [0.25, 0.3) is 0 Å². The molecule has 4 heterocycles. The zero-order valence-electron chi connectivity index (χ0n) is 29.2. The molecule has 0 aliphatic carbocycles. The van der Waals surface area contributed by atoms with Gasteiger partial charge in [0.15, 0.2) is 23.0 Å². The molecule has 2 atom stereocenters. The molecule has 6 bridgehead atoms. The smallest absolute Gasteiger partial charge is 0.255 e. The average molecular weight is 664 g/mol. The Morgan fingerprint density at radius 3 is 2.16 bits per heavy atom. The maximum absolute atomic E-state index is 13.1.